The zero-order valence-electron chi connectivity index (χ0n) is 9.15. The van der Waals surface area contributed by atoms with Crippen molar-refractivity contribution in [2.45, 2.75) is 0 Å². The molecule has 0 nitrogen and oxygen atoms in total. The van der Waals surface area contributed by atoms with Crippen molar-refractivity contribution < 1.29 is 0 Å². The molecule has 0 aliphatic carbocycles. The molecule has 17 heavy (non-hydrogen) atoms. The van der Waals surface area contributed by atoms with Gasteiger partial charge in [0.2, 0.25) is 0 Å². The van der Waals surface area contributed by atoms with Gasteiger partial charge >= 0.3 is 0 Å². The van der Waals surface area contributed by atoms with Gasteiger partial charge in [0.05, 0.1) is 0 Å². The first-order valence-corrected chi connectivity index (χ1v) is 5.88. The van der Waals surface area contributed by atoms with Gasteiger partial charge in [-0.25, -0.2) is 0 Å². The van der Waals surface area contributed by atoms with E-state index in [4.69, 9.17) is 11.6 Å². The van der Waals surface area contributed by atoms with Crippen LogP contribution in [0.15, 0.2) is 60.7 Å². The van der Waals surface area contributed by atoms with Crippen LogP contribution in [0.2, 0.25) is 5.02 Å². The van der Waals surface area contributed by atoms with Crippen molar-refractivity contribution in [2.75, 3.05) is 0 Å². The molecule has 0 saturated heterocycles. The van der Waals surface area contributed by atoms with Crippen LogP contribution in [0.1, 0.15) is 0 Å². The second kappa shape index (κ2) is 4.23. The van der Waals surface area contributed by atoms with Gasteiger partial charge in [0.1, 0.15) is 0 Å². The summed E-state index contributed by atoms with van der Waals surface area (Å²) in [5.41, 5.74) is 2.27. The smallest absolute Gasteiger partial charge is 0.0484 e. The third kappa shape index (κ3) is 1.92. The number of halogens is 1. The quantitative estimate of drug-likeness (QED) is 0.561. The van der Waals surface area contributed by atoms with Gasteiger partial charge < -0.3 is 0 Å². The van der Waals surface area contributed by atoms with Gasteiger partial charge in [-0.2, -0.15) is 0 Å². The molecule has 0 saturated carbocycles. The SMILES string of the molecule is Clc1cccc2cc(-c3[c]cccc3)ccc12. The Hall–Kier alpha value is -1.79. The zero-order valence-corrected chi connectivity index (χ0v) is 9.91. The van der Waals surface area contributed by atoms with Crippen LogP contribution in [0.4, 0.5) is 0 Å². The summed E-state index contributed by atoms with van der Waals surface area (Å²) in [5, 5.41) is 3.05. The highest BCUT2D eigenvalue weighted by molar-refractivity contribution is 6.35. The third-order valence-electron chi connectivity index (χ3n) is 2.85. The molecule has 0 N–H and O–H groups in total. The van der Waals surface area contributed by atoms with Crippen molar-refractivity contribution in [3.8, 4) is 11.1 Å². The maximum absolute atomic E-state index is 6.15. The zero-order chi connectivity index (χ0) is 11.7. The van der Waals surface area contributed by atoms with Gasteiger partial charge in [-0.05, 0) is 34.7 Å². The summed E-state index contributed by atoms with van der Waals surface area (Å²) in [5.74, 6) is 0. The lowest BCUT2D eigenvalue weighted by Crippen LogP contribution is -1.79. The van der Waals surface area contributed by atoms with E-state index in [1.807, 2.05) is 30.3 Å². The van der Waals surface area contributed by atoms with Gasteiger partial charge in [-0.1, -0.05) is 60.1 Å². The number of hydrogen-bond donors (Lipinski definition) is 0. The molecule has 3 aromatic rings. The van der Waals surface area contributed by atoms with E-state index >= 15 is 0 Å². The van der Waals surface area contributed by atoms with Crippen molar-refractivity contribution in [1.82, 2.24) is 0 Å². The molecule has 0 heterocycles. The molecule has 0 atom stereocenters. The van der Waals surface area contributed by atoms with E-state index in [1.165, 1.54) is 5.56 Å². The average molecular weight is 238 g/mol. The lowest BCUT2D eigenvalue weighted by molar-refractivity contribution is 1.63. The predicted octanol–water partition coefficient (Wildman–Crippen LogP) is 4.96. The molecular weight excluding hydrogens is 228 g/mol. The molecule has 1 heteroatoms. The molecule has 3 aromatic carbocycles. The lowest BCUT2D eigenvalue weighted by Gasteiger charge is -2.04. The maximum atomic E-state index is 6.15. The minimum atomic E-state index is 0.797. The van der Waals surface area contributed by atoms with E-state index in [1.54, 1.807) is 0 Å². The van der Waals surface area contributed by atoms with Crippen molar-refractivity contribution >= 4 is 22.4 Å². The van der Waals surface area contributed by atoms with Gasteiger partial charge in [-0.15, -0.1) is 0 Å². The predicted molar refractivity (Wildman–Crippen MR) is 73.2 cm³/mol. The summed E-state index contributed by atoms with van der Waals surface area (Å²) in [6.07, 6.45) is 0. The summed E-state index contributed by atoms with van der Waals surface area (Å²) in [7, 11) is 0. The van der Waals surface area contributed by atoms with Crippen LogP contribution in [0.3, 0.4) is 0 Å². The highest BCUT2D eigenvalue weighted by Gasteiger charge is 2.01. The highest BCUT2D eigenvalue weighted by Crippen LogP contribution is 2.28. The minimum Gasteiger partial charge on any atom is -0.0837 e. The first-order chi connectivity index (χ1) is 8.34. The Labute approximate surface area is 105 Å². The van der Waals surface area contributed by atoms with Gasteiger partial charge in [0.25, 0.3) is 0 Å². The number of rotatable bonds is 1. The third-order valence-corrected chi connectivity index (χ3v) is 3.18. The summed E-state index contributed by atoms with van der Waals surface area (Å²) < 4.78 is 0. The Morgan fingerprint density at radius 3 is 2.65 bits per heavy atom. The molecule has 0 aromatic heterocycles. The van der Waals surface area contributed by atoms with Gasteiger partial charge in [0, 0.05) is 10.4 Å². The van der Waals surface area contributed by atoms with E-state index in [0.29, 0.717) is 0 Å². The first-order valence-electron chi connectivity index (χ1n) is 5.50. The van der Waals surface area contributed by atoms with Crippen LogP contribution in [0.5, 0.6) is 0 Å². The standard InChI is InChI=1S/C16H10Cl/c17-16-8-4-7-14-11-13(9-10-15(14)16)12-5-2-1-3-6-12/h1-5,7-11H. The molecule has 3 rings (SSSR count). The topological polar surface area (TPSA) is 0 Å². The number of fused-ring (bicyclic) bond motifs is 1. The van der Waals surface area contributed by atoms with Crippen LogP contribution in [0.25, 0.3) is 21.9 Å². The summed E-state index contributed by atoms with van der Waals surface area (Å²) in [4.78, 5) is 0. The van der Waals surface area contributed by atoms with E-state index in [2.05, 4.69) is 36.4 Å². The fourth-order valence-corrected chi connectivity index (χ4v) is 2.23. The van der Waals surface area contributed by atoms with Crippen molar-refractivity contribution in [2.24, 2.45) is 0 Å². The minimum absolute atomic E-state index is 0.797. The molecule has 0 aliphatic rings. The first kappa shape index (κ1) is 10.4. The average Bonchev–Trinajstić information content (AvgIpc) is 2.40. The molecular formula is C16H10Cl. The Morgan fingerprint density at radius 2 is 1.82 bits per heavy atom. The Bertz CT molecular complexity index is 657. The normalized spacial score (nSPS) is 10.6. The molecule has 0 bridgehead atoms. The molecule has 0 aliphatic heterocycles. The summed E-state index contributed by atoms with van der Waals surface area (Å²) in [6, 6.07) is 23.5. The second-order valence-corrected chi connectivity index (χ2v) is 4.36. The largest absolute Gasteiger partial charge is 0.0837 e. The lowest BCUT2D eigenvalue weighted by atomic mass is 10.0. The fourth-order valence-electron chi connectivity index (χ4n) is 1.98. The Balaban J connectivity index is 2.21. The van der Waals surface area contributed by atoms with Crippen molar-refractivity contribution in [1.29, 1.82) is 0 Å². The fraction of sp³-hybridized carbons (Fsp3) is 0. The van der Waals surface area contributed by atoms with Crippen LogP contribution >= 0.6 is 11.6 Å². The van der Waals surface area contributed by atoms with E-state index in [0.717, 1.165) is 21.4 Å². The maximum Gasteiger partial charge on any atom is 0.0484 e. The summed E-state index contributed by atoms with van der Waals surface area (Å²) in [6.45, 7) is 0. The Kier molecular flexibility index (Phi) is 2.58. The molecule has 1 radical (unpaired) electrons. The van der Waals surface area contributed by atoms with Crippen molar-refractivity contribution in [3.05, 3.63) is 71.8 Å². The van der Waals surface area contributed by atoms with Crippen molar-refractivity contribution in [3.63, 3.8) is 0 Å². The van der Waals surface area contributed by atoms with Crippen LogP contribution in [-0.2, 0) is 0 Å². The van der Waals surface area contributed by atoms with Gasteiger partial charge in [0.15, 0.2) is 0 Å². The van der Waals surface area contributed by atoms with E-state index in [-0.39, 0.29) is 0 Å². The summed E-state index contributed by atoms with van der Waals surface area (Å²) >= 11 is 6.15. The van der Waals surface area contributed by atoms with Crippen LogP contribution in [0, 0.1) is 6.07 Å². The van der Waals surface area contributed by atoms with Crippen LogP contribution < -0.4 is 0 Å². The molecule has 0 fully saturated rings. The monoisotopic (exact) mass is 237 g/mol. The highest BCUT2D eigenvalue weighted by atomic mass is 35.5. The van der Waals surface area contributed by atoms with E-state index in [9.17, 15) is 0 Å². The van der Waals surface area contributed by atoms with Gasteiger partial charge in [-0.3, -0.25) is 0 Å². The van der Waals surface area contributed by atoms with E-state index < -0.39 is 0 Å². The van der Waals surface area contributed by atoms with Crippen LogP contribution in [-0.4, -0.2) is 0 Å². The molecule has 0 unspecified atom stereocenters. The second-order valence-electron chi connectivity index (χ2n) is 3.95. The molecule has 81 valence electrons. The molecule has 0 spiro atoms. The Morgan fingerprint density at radius 1 is 0.882 bits per heavy atom. The molecule has 0 amide bonds. The number of hydrogen-bond acceptors (Lipinski definition) is 0. The number of benzene rings is 3.